The molecule has 0 aliphatic carbocycles. The van der Waals surface area contributed by atoms with E-state index in [1.54, 1.807) is 11.3 Å². The average Bonchev–Trinajstić information content (AvgIpc) is 2.59. The molecule has 15 heavy (non-hydrogen) atoms. The van der Waals surface area contributed by atoms with Crippen LogP contribution >= 0.6 is 27.3 Å². The van der Waals surface area contributed by atoms with Crippen LogP contribution in [0.15, 0.2) is 22.7 Å². The summed E-state index contributed by atoms with van der Waals surface area (Å²) in [6.45, 7) is 2.11. The number of aromatic nitrogens is 1. The van der Waals surface area contributed by atoms with Crippen molar-refractivity contribution in [3.63, 3.8) is 0 Å². The summed E-state index contributed by atoms with van der Waals surface area (Å²) >= 11 is 5.19. The lowest BCUT2D eigenvalue weighted by atomic mass is 10.2. The molecule has 2 rings (SSSR count). The molecule has 4 heteroatoms. The molecule has 0 radical (unpaired) electrons. The van der Waals surface area contributed by atoms with Crippen LogP contribution in [0.25, 0.3) is 10.2 Å². The summed E-state index contributed by atoms with van der Waals surface area (Å²) in [5.41, 5.74) is 6.98. The summed E-state index contributed by atoms with van der Waals surface area (Å²) in [6, 6.07) is 6.39. The highest BCUT2D eigenvalue weighted by atomic mass is 79.9. The molecule has 1 aromatic carbocycles. The second-order valence-corrected chi connectivity index (χ2v) is 5.62. The van der Waals surface area contributed by atoms with Crippen molar-refractivity contribution in [2.75, 3.05) is 0 Å². The summed E-state index contributed by atoms with van der Waals surface area (Å²) in [5.74, 6) is 0. The first-order valence-electron chi connectivity index (χ1n) is 4.99. The van der Waals surface area contributed by atoms with Gasteiger partial charge in [0.25, 0.3) is 0 Å². The van der Waals surface area contributed by atoms with Gasteiger partial charge in [-0.2, -0.15) is 0 Å². The molecule has 1 atom stereocenters. The zero-order chi connectivity index (χ0) is 10.8. The van der Waals surface area contributed by atoms with Crippen LogP contribution in [0, 0.1) is 0 Å². The van der Waals surface area contributed by atoms with Crippen LogP contribution in [0.5, 0.6) is 0 Å². The quantitative estimate of drug-likeness (QED) is 0.939. The highest BCUT2D eigenvalue weighted by Gasteiger charge is 2.07. The fourth-order valence-electron chi connectivity index (χ4n) is 1.40. The van der Waals surface area contributed by atoms with Gasteiger partial charge in [0, 0.05) is 16.9 Å². The fourth-order valence-corrected chi connectivity index (χ4v) is 3.01. The maximum absolute atomic E-state index is 5.91. The van der Waals surface area contributed by atoms with Crippen LogP contribution < -0.4 is 5.73 Å². The van der Waals surface area contributed by atoms with Crippen molar-refractivity contribution >= 4 is 37.5 Å². The van der Waals surface area contributed by atoms with Crippen molar-refractivity contribution in [2.24, 2.45) is 5.73 Å². The third-order valence-corrected chi connectivity index (χ3v) is 3.89. The zero-order valence-electron chi connectivity index (χ0n) is 8.53. The smallest absolute Gasteiger partial charge is 0.0954 e. The molecule has 2 N–H and O–H groups in total. The van der Waals surface area contributed by atoms with E-state index >= 15 is 0 Å². The molecule has 1 heterocycles. The topological polar surface area (TPSA) is 38.9 Å². The van der Waals surface area contributed by atoms with Crippen LogP contribution in [0.1, 0.15) is 18.4 Å². The van der Waals surface area contributed by atoms with Gasteiger partial charge in [0.05, 0.1) is 15.2 Å². The number of thiazole rings is 1. The Hall–Kier alpha value is -0.450. The second kappa shape index (κ2) is 4.60. The highest BCUT2D eigenvalue weighted by molar-refractivity contribution is 9.10. The molecule has 0 aliphatic heterocycles. The van der Waals surface area contributed by atoms with Crippen LogP contribution in [0.2, 0.25) is 0 Å². The van der Waals surface area contributed by atoms with E-state index in [1.807, 2.05) is 12.1 Å². The van der Waals surface area contributed by atoms with E-state index in [2.05, 4.69) is 33.9 Å². The minimum Gasteiger partial charge on any atom is -0.327 e. The number of nitrogens with two attached hydrogens (primary N) is 1. The van der Waals surface area contributed by atoms with Gasteiger partial charge in [-0.1, -0.05) is 22.9 Å². The molecule has 0 fully saturated rings. The van der Waals surface area contributed by atoms with Crippen molar-refractivity contribution in [1.29, 1.82) is 0 Å². The number of rotatable bonds is 3. The summed E-state index contributed by atoms with van der Waals surface area (Å²) in [5, 5.41) is 1.14. The van der Waals surface area contributed by atoms with E-state index in [1.165, 1.54) is 4.70 Å². The minimum atomic E-state index is 0.231. The molecule has 80 valence electrons. The van der Waals surface area contributed by atoms with E-state index in [0.717, 1.165) is 27.8 Å². The van der Waals surface area contributed by atoms with Crippen LogP contribution in [0.3, 0.4) is 0 Å². The second-order valence-electron chi connectivity index (χ2n) is 3.59. The van der Waals surface area contributed by atoms with Crippen molar-refractivity contribution in [2.45, 2.75) is 25.8 Å². The van der Waals surface area contributed by atoms with E-state index < -0.39 is 0 Å². The fraction of sp³-hybridized carbons (Fsp3) is 0.364. The number of nitrogens with zero attached hydrogens (tertiary/aromatic N) is 1. The van der Waals surface area contributed by atoms with E-state index in [0.29, 0.717) is 0 Å². The maximum atomic E-state index is 5.91. The predicted molar refractivity (Wildman–Crippen MR) is 69.3 cm³/mol. The molecule has 0 bridgehead atoms. The first-order chi connectivity index (χ1) is 7.19. The third kappa shape index (κ3) is 2.56. The van der Waals surface area contributed by atoms with Crippen molar-refractivity contribution < 1.29 is 0 Å². The van der Waals surface area contributed by atoms with Gasteiger partial charge in [-0.15, -0.1) is 11.3 Å². The molecule has 1 aromatic heterocycles. The lowest BCUT2D eigenvalue weighted by molar-refractivity contribution is 0.645. The Bertz CT molecular complexity index is 467. The Labute approximate surface area is 102 Å². The van der Waals surface area contributed by atoms with Gasteiger partial charge in [0.15, 0.2) is 0 Å². The van der Waals surface area contributed by atoms with Gasteiger partial charge in [-0.05, 0) is 24.6 Å². The number of hydrogen-bond acceptors (Lipinski definition) is 3. The zero-order valence-corrected chi connectivity index (χ0v) is 10.9. The van der Waals surface area contributed by atoms with Crippen molar-refractivity contribution in [1.82, 2.24) is 4.98 Å². The summed E-state index contributed by atoms with van der Waals surface area (Å²) in [4.78, 5) is 4.56. The molecule has 0 saturated heterocycles. The molecule has 0 aliphatic rings. The Balaban J connectivity index is 2.30. The Kier molecular flexibility index (Phi) is 3.38. The number of fused-ring (bicyclic) bond motifs is 1. The Morgan fingerprint density at radius 1 is 1.53 bits per heavy atom. The summed E-state index contributed by atoms with van der Waals surface area (Å²) in [6.07, 6.45) is 1.88. The minimum absolute atomic E-state index is 0.231. The van der Waals surface area contributed by atoms with E-state index in [-0.39, 0.29) is 6.04 Å². The average molecular weight is 285 g/mol. The lowest BCUT2D eigenvalue weighted by Gasteiger charge is -2.03. The van der Waals surface area contributed by atoms with E-state index in [9.17, 15) is 0 Å². The van der Waals surface area contributed by atoms with Crippen molar-refractivity contribution in [3.8, 4) is 0 Å². The Morgan fingerprint density at radius 3 is 3.07 bits per heavy atom. The third-order valence-electron chi connectivity index (χ3n) is 2.36. The van der Waals surface area contributed by atoms with Crippen molar-refractivity contribution in [3.05, 3.63) is 27.7 Å². The van der Waals surface area contributed by atoms with Gasteiger partial charge >= 0.3 is 0 Å². The molecular weight excluding hydrogens is 272 g/mol. The monoisotopic (exact) mass is 284 g/mol. The highest BCUT2D eigenvalue weighted by Crippen LogP contribution is 2.26. The molecule has 2 aromatic rings. The predicted octanol–water partition coefficient (Wildman–Crippen LogP) is 3.34. The van der Waals surface area contributed by atoms with Crippen LogP contribution in [-0.2, 0) is 6.42 Å². The molecule has 0 spiro atoms. The maximum Gasteiger partial charge on any atom is 0.0954 e. The molecule has 0 amide bonds. The summed E-state index contributed by atoms with van der Waals surface area (Å²) in [7, 11) is 0. The number of halogens is 1. The SMILES string of the molecule is CCC(N)Cc1nc2ccc(Br)cc2s1. The van der Waals surface area contributed by atoms with E-state index in [4.69, 9.17) is 5.73 Å². The van der Waals surface area contributed by atoms with Gasteiger partial charge in [0.1, 0.15) is 0 Å². The van der Waals surface area contributed by atoms with Gasteiger partial charge in [0.2, 0.25) is 0 Å². The molecular formula is C11H13BrN2S. The summed E-state index contributed by atoms with van der Waals surface area (Å²) < 4.78 is 2.33. The number of benzene rings is 1. The largest absolute Gasteiger partial charge is 0.327 e. The first-order valence-corrected chi connectivity index (χ1v) is 6.60. The Morgan fingerprint density at radius 2 is 2.33 bits per heavy atom. The van der Waals surface area contributed by atoms with Gasteiger partial charge in [-0.3, -0.25) is 0 Å². The standard InChI is InChI=1S/C11H13BrN2S/c1-2-8(13)6-11-14-9-4-3-7(12)5-10(9)15-11/h3-5,8H,2,6,13H2,1H3. The normalized spacial score (nSPS) is 13.3. The molecule has 0 saturated carbocycles. The van der Waals surface area contributed by atoms with Crippen LogP contribution in [0.4, 0.5) is 0 Å². The number of hydrogen-bond donors (Lipinski definition) is 1. The lowest BCUT2D eigenvalue weighted by Crippen LogP contribution is -2.21. The molecule has 1 unspecified atom stereocenters. The first kappa shape index (κ1) is 11.0. The van der Waals surface area contributed by atoms with Gasteiger partial charge in [-0.25, -0.2) is 4.98 Å². The molecule has 2 nitrogen and oxygen atoms in total. The van der Waals surface area contributed by atoms with Gasteiger partial charge < -0.3 is 5.73 Å². The van der Waals surface area contributed by atoms with Crippen LogP contribution in [-0.4, -0.2) is 11.0 Å².